The standard InChI is InChI=1S/C18H27NO2/c1-19(2)16-11-9-14(10-12-16)17-8-6-4-5-7-15(17)13-18(20)21-3/h9-12,15,17H,4-8,13H2,1-3H3. The largest absolute Gasteiger partial charge is 0.469 e. The van der Waals surface area contributed by atoms with Crippen LogP contribution < -0.4 is 4.90 Å². The van der Waals surface area contributed by atoms with Crippen molar-refractivity contribution in [3.63, 3.8) is 0 Å². The first-order valence-electron chi connectivity index (χ1n) is 7.96. The maximum atomic E-state index is 11.7. The lowest BCUT2D eigenvalue weighted by Crippen LogP contribution is -2.17. The summed E-state index contributed by atoms with van der Waals surface area (Å²) in [6, 6.07) is 8.82. The maximum absolute atomic E-state index is 11.7. The van der Waals surface area contributed by atoms with Crippen molar-refractivity contribution in [2.24, 2.45) is 5.92 Å². The molecule has 0 amide bonds. The molecule has 0 saturated heterocycles. The van der Waals surface area contributed by atoms with Crippen LogP contribution in [-0.4, -0.2) is 27.2 Å². The first-order chi connectivity index (χ1) is 10.1. The van der Waals surface area contributed by atoms with Crippen molar-refractivity contribution in [3.05, 3.63) is 29.8 Å². The third-order valence-corrected chi connectivity index (χ3v) is 4.65. The second-order valence-electron chi connectivity index (χ2n) is 6.27. The van der Waals surface area contributed by atoms with Crippen LogP contribution in [0.5, 0.6) is 0 Å². The van der Waals surface area contributed by atoms with Crippen LogP contribution >= 0.6 is 0 Å². The highest BCUT2D eigenvalue weighted by molar-refractivity contribution is 5.69. The van der Waals surface area contributed by atoms with E-state index in [1.165, 1.54) is 44.0 Å². The fraction of sp³-hybridized carbons (Fsp3) is 0.611. The lowest BCUT2D eigenvalue weighted by Gasteiger charge is -2.25. The number of nitrogens with zero attached hydrogens (tertiary/aromatic N) is 1. The molecule has 21 heavy (non-hydrogen) atoms. The van der Waals surface area contributed by atoms with Gasteiger partial charge in [-0.3, -0.25) is 4.79 Å². The van der Waals surface area contributed by atoms with E-state index >= 15 is 0 Å². The van der Waals surface area contributed by atoms with E-state index in [1.54, 1.807) is 0 Å². The monoisotopic (exact) mass is 289 g/mol. The summed E-state index contributed by atoms with van der Waals surface area (Å²) in [6.45, 7) is 0. The van der Waals surface area contributed by atoms with E-state index in [9.17, 15) is 4.79 Å². The summed E-state index contributed by atoms with van der Waals surface area (Å²) < 4.78 is 4.88. The summed E-state index contributed by atoms with van der Waals surface area (Å²) in [6.07, 6.45) is 6.64. The number of benzene rings is 1. The number of methoxy groups -OCH3 is 1. The van der Waals surface area contributed by atoms with Crippen LogP contribution in [0.2, 0.25) is 0 Å². The molecule has 0 spiro atoms. The van der Waals surface area contributed by atoms with Crippen molar-refractivity contribution in [3.8, 4) is 0 Å². The molecular weight excluding hydrogens is 262 g/mol. The number of carbonyl (C=O) groups is 1. The normalized spacial score (nSPS) is 22.4. The molecular formula is C18H27NO2. The van der Waals surface area contributed by atoms with Gasteiger partial charge < -0.3 is 9.64 Å². The Morgan fingerprint density at radius 1 is 1.14 bits per heavy atom. The van der Waals surface area contributed by atoms with Crippen molar-refractivity contribution >= 4 is 11.7 Å². The minimum Gasteiger partial charge on any atom is -0.469 e. The Morgan fingerprint density at radius 2 is 1.81 bits per heavy atom. The van der Waals surface area contributed by atoms with Crippen LogP contribution in [0.4, 0.5) is 5.69 Å². The van der Waals surface area contributed by atoms with E-state index in [2.05, 4.69) is 43.3 Å². The first kappa shape index (κ1) is 15.9. The van der Waals surface area contributed by atoms with Crippen molar-refractivity contribution in [1.29, 1.82) is 0 Å². The number of ether oxygens (including phenoxy) is 1. The molecule has 0 heterocycles. The number of carbonyl (C=O) groups excluding carboxylic acids is 1. The van der Waals surface area contributed by atoms with Crippen molar-refractivity contribution in [1.82, 2.24) is 0 Å². The van der Waals surface area contributed by atoms with Gasteiger partial charge in [0.25, 0.3) is 0 Å². The fourth-order valence-corrected chi connectivity index (χ4v) is 3.38. The van der Waals surface area contributed by atoms with E-state index in [1.807, 2.05) is 0 Å². The quantitative estimate of drug-likeness (QED) is 0.620. The zero-order valence-corrected chi connectivity index (χ0v) is 13.5. The van der Waals surface area contributed by atoms with Crippen molar-refractivity contribution in [2.75, 3.05) is 26.1 Å². The zero-order chi connectivity index (χ0) is 15.2. The molecule has 1 saturated carbocycles. The molecule has 0 aromatic heterocycles. The van der Waals surface area contributed by atoms with Crippen LogP contribution in [0.25, 0.3) is 0 Å². The topological polar surface area (TPSA) is 29.5 Å². The number of anilines is 1. The number of hydrogen-bond acceptors (Lipinski definition) is 3. The fourth-order valence-electron chi connectivity index (χ4n) is 3.38. The lowest BCUT2D eigenvalue weighted by atomic mass is 9.80. The van der Waals surface area contributed by atoms with Crippen LogP contribution in [-0.2, 0) is 9.53 Å². The Labute approximate surface area is 128 Å². The Kier molecular flexibility index (Phi) is 5.66. The van der Waals surface area contributed by atoms with E-state index in [0.717, 1.165) is 6.42 Å². The van der Waals surface area contributed by atoms with Gasteiger partial charge in [0.1, 0.15) is 0 Å². The van der Waals surface area contributed by atoms with Gasteiger partial charge in [0, 0.05) is 26.2 Å². The molecule has 3 nitrogen and oxygen atoms in total. The summed E-state index contributed by atoms with van der Waals surface area (Å²) in [5.74, 6) is 0.838. The highest BCUT2D eigenvalue weighted by atomic mass is 16.5. The van der Waals surface area contributed by atoms with E-state index in [0.29, 0.717) is 18.3 Å². The van der Waals surface area contributed by atoms with Crippen LogP contribution in [0.3, 0.4) is 0 Å². The molecule has 0 N–H and O–H groups in total. The highest BCUT2D eigenvalue weighted by Gasteiger charge is 2.27. The van der Waals surface area contributed by atoms with Crippen molar-refractivity contribution in [2.45, 2.75) is 44.4 Å². The molecule has 116 valence electrons. The Morgan fingerprint density at radius 3 is 2.43 bits per heavy atom. The Hall–Kier alpha value is -1.51. The molecule has 1 aliphatic carbocycles. The molecule has 0 radical (unpaired) electrons. The molecule has 2 rings (SSSR count). The molecule has 0 aliphatic heterocycles. The average Bonchev–Trinajstić information content (AvgIpc) is 2.72. The highest BCUT2D eigenvalue weighted by Crippen LogP contribution is 2.39. The Balaban J connectivity index is 2.17. The third kappa shape index (κ3) is 4.23. The van der Waals surface area contributed by atoms with E-state index in [-0.39, 0.29) is 5.97 Å². The maximum Gasteiger partial charge on any atom is 0.305 e. The van der Waals surface area contributed by atoms with Gasteiger partial charge in [0.2, 0.25) is 0 Å². The second-order valence-corrected chi connectivity index (χ2v) is 6.27. The summed E-state index contributed by atoms with van der Waals surface area (Å²) in [4.78, 5) is 13.8. The first-order valence-corrected chi connectivity index (χ1v) is 7.96. The van der Waals surface area contributed by atoms with Crippen LogP contribution in [0.1, 0.15) is 50.0 Å². The number of hydrogen-bond donors (Lipinski definition) is 0. The minimum absolute atomic E-state index is 0.0724. The molecule has 1 aliphatic rings. The molecule has 0 bridgehead atoms. The molecule has 1 aromatic rings. The van der Waals surface area contributed by atoms with Gasteiger partial charge in [-0.2, -0.15) is 0 Å². The van der Waals surface area contributed by atoms with Crippen LogP contribution in [0, 0.1) is 5.92 Å². The summed E-state index contributed by atoms with van der Waals surface area (Å²) in [5.41, 5.74) is 2.59. The number of rotatable bonds is 4. The van der Waals surface area contributed by atoms with Crippen molar-refractivity contribution < 1.29 is 9.53 Å². The van der Waals surface area contributed by atoms with Gasteiger partial charge in [0.05, 0.1) is 7.11 Å². The van der Waals surface area contributed by atoms with Gasteiger partial charge in [-0.1, -0.05) is 31.4 Å². The summed E-state index contributed by atoms with van der Waals surface area (Å²) in [5, 5.41) is 0. The third-order valence-electron chi connectivity index (χ3n) is 4.65. The predicted octanol–water partition coefficient (Wildman–Crippen LogP) is 3.98. The van der Waals surface area contributed by atoms with Gasteiger partial charge in [-0.15, -0.1) is 0 Å². The minimum atomic E-state index is -0.0724. The molecule has 3 heteroatoms. The SMILES string of the molecule is COC(=O)CC1CCCCCC1c1ccc(N(C)C)cc1. The van der Waals surface area contributed by atoms with Gasteiger partial charge in [0.15, 0.2) is 0 Å². The lowest BCUT2D eigenvalue weighted by molar-refractivity contribution is -0.142. The average molecular weight is 289 g/mol. The zero-order valence-electron chi connectivity index (χ0n) is 13.5. The molecule has 2 unspecified atom stereocenters. The smallest absolute Gasteiger partial charge is 0.305 e. The van der Waals surface area contributed by atoms with Crippen LogP contribution in [0.15, 0.2) is 24.3 Å². The number of esters is 1. The predicted molar refractivity (Wildman–Crippen MR) is 86.7 cm³/mol. The summed E-state index contributed by atoms with van der Waals surface area (Å²) in [7, 11) is 5.60. The Bertz CT molecular complexity index is 453. The van der Waals surface area contributed by atoms with Gasteiger partial charge in [-0.05, 0) is 42.4 Å². The van der Waals surface area contributed by atoms with Gasteiger partial charge >= 0.3 is 5.97 Å². The second kappa shape index (κ2) is 7.48. The summed E-state index contributed by atoms with van der Waals surface area (Å²) >= 11 is 0. The molecule has 1 aromatic carbocycles. The molecule has 1 fully saturated rings. The van der Waals surface area contributed by atoms with E-state index < -0.39 is 0 Å². The van der Waals surface area contributed by atoms with E-state index in [4.69, 9.17) is 4.74 Å². The van der Waals surface area contributed by atoms with Gasteiger partial charge in [-0.25, -0.2) is 0 Å². The molecule has 2 atom stereocenters.